The van der Waals surface area contributed by atoms with Gasteiger partial charge in [-0.05, 0) is 18.8 Å². The molecule has 2 rings (SSSR count). The Morgan fingerprint density at radius 1 is 1.52 bits per heavy atom. The van der Waals surface area contributed by atoms with Crippen LogP contribution in [-0.4, -0.2) is 45.9 Å². The number of amides is 1. The number of aliphatic hydroxyl groups is 2. The highest BCUT2D eigenvalue weighted by Crippen LogP contribution is 2.55. The van der Waals surface area contributed by atoms with E-state index in [0.717, 1.165) is 0 Å². The second-order valence-electron chi connectivity index (χ2n) is 7.35. The van der Waals surface area contributed by atoms with E-state index in [1.54, 1.807) is 19.9 Å². The Labute approximate surface area is 135 Å². The third-order valence-electron chi connectivity index (χ3n) is 5.23. The van der Waals surface area contributed by atoms with Gasteiger partial charge < -0.3 is 20.6 Å². The molecule has 5 atom stereocenters. The molecule has 6 nitrogen and oxygen atoms in total. The van der Waals surface area contributed by atoms with Gasteiger partial charge in [-0.2, -0.15) is 0 Å². The van der Waals surface area contributed by atoms with Gasteiger partial charge in [0, 0.05) is 16.9 Å². The van der Waals surface area contributed by atoms with Crippen molar-refractivity contribution in [1.29, 1.82) is 0 Å². The highest BCUT2D eigenvalue weighted by molar-refractivity contribution is 5.83. The number of carbonyl (C=O) groups is 2. The maximum atomic E-state index is 12.3. The predicted molar refractivity (Wildman–Crippen MR) is 84.4 cm³/mol. The van der Waals surface area contributed by atoms with E-state index >= 15 is 0 Å². The molecule has 0 spiro atoms. The third-order valence-corrected chi connectivity index (χ3v) is 5.23. The molecule has 6 heteroatoms. The zero-order chi connectivity index (χ0) is 17.4. The van der Waals surface area contributed by atoms with E-state index in [0.29, 0.717) is 12.8 Å². The fourth-order valence-corrected chi connectivity index (χ4v) is 3.79. The average Bonchev–Trinajstić information content (AvgIpc) is 3.02. The summed E-state index contributed by atoms with van der Waals surface area (Å²) in [5.41, 5.74) is -1.51. The van der Waals surface area contributed by atoms with Gasteiger partial charge in [0.2, 0.25) is 5.91 Å². The van der Waals surface area contributed by atoms with E-state index in [1.165, 1.54) is 0 Å². The van der Waals surface area contributed by atoms with Crippen LogP contribution in [0.5, 0.6) is 0 Å². The summed E-state index contributed by atoms with van der Waals surface area (Å²) in [5.74, 6) is -2.41. The van der Waals surface area contributed by atoms with Crippen LogP contribution in [0.2, 0.25) is 0 Å². The monoisotopic (exact) mass is 323 g/mol. The van der Waals surface area contributed by atoms with Crippen molar-refractivity contribution in [1.82, 2.24) is 5.32 Å². The molecule has 0 aromatic rings. The summed E-state index contributed by atoms with van der Waals surface area (Å²) in [4.78, 5) is 24.1. The van der Waals surface area contributed by atoms with Crippen LogP contribution in [0.25, 0.3) is 0 Å². The number of rotatable bonds is 7. The maximum absolute atomic E-state index is 12.3. The van der Waals surface area contributed by atoms with Gasteiger partial charge >= 0.3 is 5.97 Å². The van der Waals surface area contributed by atoms with Crippen molar-refractivity contribution in [3.8, 4) is 0 Å². The van der Waals surface area contributed by atoms with Gasteiger partial charge in [-0.3, -0.25) is 9.59 Å². The number of carbonyl (C=O) groups excluding carboxylic acids is 1. The Balaban J connectivity index is 2.20. The van der Waals surface area contributed by atoms with Crippen LogP contribution in [0.4, 0.5) is 0 Å². The second kappa shape index (κ2) is 6.09. The van der Waals surface area contributed by atoms with Crippen LogP contribution >= 0.6 is 0 Å². The first kappa shape index (κ1) is 17.7. The Morgan fingerprint density at radius 3 is 2.70 bits per heavy atom. The molecule has 1 amide bonds. The molecule has 2 aliphatic rings. The number of fused-ring (bicyclic) bond motifs is 2. The Hall–Kier alpha value is -1.66. The SMILES string of the molecule is C=CC[C@@]12C=C[C@@H](C1)[C@H](NC(=O)[C@H](O)C(C)(C)CO)[C@H]2C(=O)O. The second-order valence-corrected chi connectivity index (χ2v) is 7.35. The minimum atomic E-state index is -1.40. The summed E-state index contributed by atoms with van der Waals surface area (Å²) in [6.45, 7) is 6.51. The van der Waals surface area contributed by atoms with E-state index in [2.05, 4.69) is 11.9 Å². The van der Waals surface area contributed by atoms with Crippen molar-refractivity contribution in [2.75, 3.05) is 6.61 Å². The first-order valence-electron chi connectivity index (χ1n) is 7.81. The first-order chi connectivity index (χ1) is 10.7. The van der Waals surface area contributed by atoms with Gasteiger partial charge in [0.25, 0.3) is 0 Å². The van der Waals surface area contributed by atoms with E-state index in [-0.39, 0.29) is 12.5 Å². The number of hydrogen-bond donors (Lipinski definition) is 4. The number of aliphatic hydroxyl groups excluding tert-OH is 2. The van der Waals surface area contributed by atoms with Crippen LogP contribution in [0.1, 0.15) is 26.7 Å². The first-order valence-corrected chi connectivity index (χ1v) is 7.81. The standard InChI is InChI=1S/C17H25NO5/c1-4-6-17-7-5-10(8-17)12(11(17)15(22)23)18-14(21)13(20)16(2,3)9-19/h4-5,7,10-13,19-20H,1,6,8-9H2,2-3H3,(H,18,21)(H,22,23)/t10-,11-,12-,13-,17+/m0/s1. The Morgan fingerprint density at radius 2 is 2.17 bits per heavy atom. The number of carboxylic acid groups (broad SMARTS) is 1. The molecule has 1 fully saturated rings. The fourth-order valence-electron chi connectivity index (χ4n) is 3.79. The summed E-state index contributed by atoms with van der Waals surface area (Å²) >= 11 is 0. The number of allylic oxidation sites excluding steroid dienone is 2. The molecule has 0 radical (unpaired) electrons. The third kappa shape index (κ3) is 2.93. The van der Waals surface area contributed by atoms with Crippen molar-refractivity contribution in [2.24, 2.45) is 22.7 Å². The van der Waals surface area contributed by atoms with Crippen LogP contribution in [0, 0.1) is 22.7 Å². The quantitative estimate of drug-likeness (QED) is 0.516. The summed E-state index contributed by atoms with van der Waals surface area (Å²) in [5, 5.41) is 31.7. The smallest absolute Gasteiger partial charge is 0.309 e. The molecular formula is C17H25NO5. The van der Waals surface area contributed by atoms with E-state index in [1.807, 2.05) is 12.2 Å². The number of nitrogens with one attached hydrogen (secondary N) is 1. The number of hydrogen-bond acceptors (Lipinski definition) is 4. The Bertz CT molecular complexity index is 541. The zero-order valence-corrected chi connectivity index (χ0v) is 13.5. The van der Waals surface area contributed by atoms with Gasteiger partial charge in [-0.15, -0.1) is 6.58 Å². The normalized spacial score (nSPS) is 33.5. The van der Waals surface area contributed by atoms with Gasteiger partial charge in [0.15, 0.2) is 0 Å². The minimum Gasteiger partial charge on any atom is -0.481 e. The van der Waals surface area contributed by atoms with Crippen LogP contribution in [0.3, 0.4) is 0 Å². The number of carboxylic acids is 1. The molecule has 0 unspecified atom stereocenters. The van der Waals surface area contributed by atoms with Gasteiger partial charge in [0.05, 0.1) is 12.5 Å². The molecule has 2 bridgehead atoms. The molecule has 0 aromatic carbocycles. The van der Waals surface area contributed by atoms with Crippen LogP contribution < -0.4 is 5.32 Å². The van der Waals surface area contributed by atoms with E-state index < -0.39 is 40.8 Å². The highest BCUT2D eigenvalue weighted by atomic mass is 16.4. The summed E-state index contributed by atoms with van der Waals surface area (Å²) < 4.78 is 0. The van der Waals surface area contributed by atoms with Crippen LogP contribution in [0.15, 0.2) is 24.8 Å². The number of aliphatic carboxylic acids is 1. The van der Waals surface area contributed by atoms with Gasteiger partial charge in [-0.1, -0.05) is 32.1 Å². The summed E-state index contributed by atoms with van der Waals surface area (Å²) in [6.07, 6.45) is 5.36. The predicted octanol–water partition coefficient (Wildman–Crippen LogP) is 0.704. The van der Waals surface area contributed by atoms with E-state index in [9.17, 15) is 24.9 Å². The largest absolute Gasteiger partial charge is 0.481 e. The van der Waals surface area contributed by atoms with Crippen molar-refractivity contribution >= 4 is 11.9 Å². The highest BCUT2D eigenvalue weighted by Gasteiger charge is 2.58. The lowest BCUT2D eigenvalue weighted by atomic mass is 9.73. The molecule has 128 valence electrons. The lowest BCUT2D eigenvalue weighted by Gasteiger charge is -2.35. The van der Waals surface area contributed by atoms with Crippen LogP contribution in [-0.2, 0) is 9.59 Å². The van der Waals surface area contributed by atoms with Crippen molar-refractivity contribution in [3.63, 3.8) is 0 Å². The molecule has 2 aliphatic carbocycles. The zero-order valence-electron chi connectivity index (χ0n) is 13.5. The van der Waals surface area contributed by atoms with E-state index in [4.69, 9.17) is 0 Å². The summed E-state index contributed by atoms with van der Waals surface area (Å²) in [7, 11) is 0. The lowest BCUT2D eigenvalue weighted by Crippen LogP contribution is -2.53. The molecule has 4 N–H and O–H groups in total. The molecule has 0 aromatic heterocycles. The fraction of sp³-hybridized carbons (Fsp3) is 0.647. The van der Waals surface area contributed by atoms with Gasteiger partial charge in [0.1, 0.15) is 6.10 Å². The average molecular weight is 323 g/mol. The molecule has 0 heterocycles. The molecule has 1 saturated carbocycles. The molecular weight excluding hydrogens is 298 g/mol. The van der Waals surface area contributed by atoms with Crippen molar-refractivity contribution in [3.05, 3.63) is 24.8 Å². The topological polar surface area (TPSA) is 107 Å². The Kier molecular flexibility index (Phi) is 4.69. The summed E-state index contributed by atoms with van der Waals surface area (Å²) in [6, 6.07) is -0.561. The lowest BCUT2D eigenvalue weighted by molar-refractivity contribution is -0.147. The minimum absolute atomic E-state index is 0.0653. The maximum Gasteiger partial charge on any atom is 0.309 e. The van der Waals surface area contributed by atoms with Crippen molar-refractivity contribution in [2.45, 2.75) is 38.8 Å². The van der Waals surface area contributed by atoms with Gasteiger partial charge in [-0.25, -0.2) is 0 Å². The molecule has 23 heavy (non-hydrogen) atoms. The van der Waals surface area contributed by atoms with Crippen molar-refractivity contribution < 1.29 is 24.9 Å². The molecule has 0 saturated heterocycles. The molecule has 0 aliphatic heterocycles.